The molecule has 7 heteroatoms. The number of ether oxygens (including phenoxy) is 1. The van der Waals surface area contributed by atoms with Gasteiger partial charge in [0, 0.05) is 0 Å². The molecule has 1 atom stereocenters. The molecule has 1 aromatic rings. The molecule has 0 bridgehead atoms. The lowest BCUT2D eigenvalue weighted by molar-refractivity contribution is 0.124. The maximum Gasteiger partial charge on any atom is 0.411 e. The number of benzene rings is 1. The molecule has 2 rings (SSSR count). The van der Waals surface area contributed by atoms with E-state index in [0.29, 0.717) is 17.1 Å². The van der Waals surface area contributed by atoms with Crippen LogP contribution in [-0.4, -0.2) is 32.1 Å². The maximum absolute atomic E-state index is 11.5. The first-order chi connectivity index (χ1) is 8.46. The molecule has 98 valence electrons. The molecule has 0 spiro atoms. The van der Waals surface area contributed by atoms with Gasteiger partial charge in [-0.2, -0.15) is 0 Å². The molecule has 5 nitrogen and oxygen atoms in total. The van der Waals surface area contributed by atoms with E-state index in [1.165, 1.54) is 0 Å². The molecule has 1 fully saturated rings. The van der Waals surface area contributed by atoms with Gasteiger partial charge in [0.25, 0.3) is 0 Å². The van der Waals surface area contributed by atoms with Gasteiger partial charge in [-0.3, -0.25) is 5.32 Å². The molecule has 1 aliphatic heterocycles. The van der Waals surface area contributed by atoms with E-state index in [0.717, 1.165) is 0 Å². The van der Waals surface area contributed by atoms with Crippen LogP contribution in [0, 0.1) is 0 Å². The van der Waals surface area contributed by atoms with Crippen LogP contribution in [0.25, 0.3) is 0 Å². The number of anilines is 1. The second-order valence-corrected chi connectivity index (χ2v) is 6.67. The molecule has 0 radical (unpaired) electrons. The molecule has 1 heterocycles. The Kier molecular flexibility index (Phi) is 3.77. The van der Waals surface area contributed by atoms with Crippen molar-refractivity contribution in [3.63, 3.8) is 0 Å². The topological polar surface area (TPSA) is 72.5 Å². The third-order valence-electron chi connectivity index (χ3n) is 2.57. The van der Waals surface area contributed by atoms with Crippen LogP contribution in [0.4, 0.5) is 10.5 Å². The molecule has 0 aliphatic carbocycles. The van der Waals surface area contributed by atoms with Crippen LogP contribution in [0.3, 0.4) is 0 Å². The average Bonchev–Trinajstić information content (AvgIpc) is 2.61. The molecule has 1 amide bonds. The van der Waals surface area contributed by atoms with Gasteiger partial charge in [0.2, 0.25) is 0 Å². The zero-order chi connectivity index (χ0) is 13.2. The fourth-order valence-corrected chi connectivity index (χ4v) is 3.48. The van der Waals surface area contributed by atoms with Crippen LogP contribution in [0.1, 0.15) is 6.42 Å². The van der Waals surface area contributed by atoms with E-state index >= 15 is 0 Å². The van der Waals surface area contributed by atoms with Crippen molar-refractivity contribution in [1.82, 2.24) is 0 Å². The van der Waals surface area contributed by atoms with Crippen LogP contribution in [0.15, 0.2) is 24.3 Å². The maximum atomic E-state index is 11.5. The number of hydrogen-bond donors (Lipinski definition) is 1. The Balaban J connectivity index is 1.92. The monoisotopic (exact) mass is 289 g/mol. The van der Waals surface area contributed by atoms with Crippen molar-refractivity contribution in [3.05, 3.63) is 29.3 Å². The number of para-hydroxylation sites is 1. The summed E-state index contributed by atoms with van der Waals surface area (Å²) < 4.78 is 27.4. The highest BCUT2D eigenvalue weighted by atomic mass is 35.5. The van der Waals surface area contributed by atoms with Gasteiger partial charge in [-0.05, 0) is 18.6 Å². The smallest absolute Gasteiger partial charge is 0.411 e. The lowest BCUT2D eigenvalue weighted by atomic mass is 10.3. The van der Waals surface area contributed by atoms with E-state index in [1.54, 1.807) is 24.3 Å². The molecule has 0 aromatic heterocycles. The van der Waals surface area contributed by atoms with E-state index in [-0.39, 0.29) is 11.5 Å². The lowest BCUT2D eigenvalue weighted by Gasteiger charge is -2.11. The summed E-state index contributed by atoms with van der Waals surface area (Å²) in [6.07, 6.45) is -0.916. The average molecular weight is 290 g/mol. The number of hydrogen-bond acceptors (Lipinski definition) is 4. The summed E-state index contributed by atoms with van der Waals surface area (Å²) >= 11 is 5.86. The Hall–Kier alpha value is -1.27. The molecular formula is C11H12ClNO4S. The van der Waals surface area contributed by atoms with Crippen LogP contribution < -0.4 is 5.32 Å². The van der Waals surface area contributed by atoms with Crippen molar-refractivity contribution in [3.8, 4) is 0 Å². The van der Waals surface area contributed by atoms with E-state index in [9.17, 15) is 13.2 Å². The Morgan fingerprint density at radius 2 is 2.11 bits per heavy atom. The normalized spacial score (nSPS) is 21.5. The SMILES string of the molecule is O=C(Nc1ccccc1Cl)O[C@@H]1CCS(=O)(=O)C1. The second-order valence-electron chi connectivity index (χ2n) is 4.04. The van der Waals surface area contributed by atoms with Gasteiger partial charge in [0.05, 0.1) is 22.2 Å². The van der Waals surface area contributed by atoms with E-state index < -0.39 is 22.0 Å². The third-order valence-corrected chi connectivity index (χ3v) is 4.64. The summed E-state index contributed by atoms with van der Waals surface area (Å²) in [5.41, 5.74) is 0.435. The summed E-state index contributed by atoms with van der Waals surface area (Å²) in [7, 11) is -3.05. The molecule has 18 heavy (non-hydrogen) atoms. The van der Waals surface area contributed by atoms with Crippen LogP contribution in [0.2, 0.25) is 5.02 Å². The number of carbonyl (C=O) groups is 1. The third kappa shape index (κ3) is 3.36. The molecular weight excluding hydrogens is 278 g/mol. The summed E-state index contributed by atoms with van der Waals surface area (Å²) in [6.45, 7) is 0. The summed E-state index contributed by atoms with van der Waals surface area (Å²) in [4.78, 5) is 11.5. The number of sulfone groups is 1. The largest absolute Gasteiger partial charge is 0.445 e. The van der Waals surface area contributed by atoms with Crippen molar-refractivity contribution in [1.29, 1.82) is 0 Å². The van der Waals surface area contributed by atoms with Gasteiger partial charge in [-0.15, -0.1) is 0 Å². The molecule has 1 saturated heterocycles. The Bertz CT molecular complexity index is 558. The van der Waals surface area contributed by atoms with Gasteiger partial charge >= 0.3 is 6.09 Å². The number of amides is 1. The zero-order valence-electron chi connectivity index (χ0n) is 9.43. The summed E-state index contributed by atoms with van der Waals surface area (Å²) in [5, 5.41) is 2.87. The highest BCUT2D eigenvalue weighted by Crippen LogP contribution is 2.21. The predicted octanol–water partition coefficient (Wildman–Crippen LogP) is 2.08. The number of nitrogens with one attached hydrogen (secondary N) is 1. The minimum absolute atomic E-state index is 0.0665. The lowest BCUT2D eigenvalue weighted by Crippen LogP contribution is -2.23. The highest BCUT2D eigenvalue weighted by Gasteiger charge is 2.30. The van der Waals surface area contributed by atoms with Gasteiger partial charge in [0.1, 0.15) is 6.10 Å². The van der Waals surface area contributed by atoms with E-state index in [2.05, 4.69) is 5.32 Å². The predicted molar refractivity (Wildman–Crippen MR) is 68.6 cm³/mol. The first-order valence-corrected chi connectivity index (χ1v) is 7.59. The van der Waals surface area contributed by atoms with Gasteiger partial charge in [-0.1, -0.05) is 23.7 Å². The van der Waals surface area contributed by atoms with Gasteiger partial charge in [-0.25, -0.2) is 13.2 Å². The van der Waals surface area contributed by atoms with Crippen LogP contribution in [0.5, 0.6) is 0 Å². The van der Waals surface area contributed by atoms with Crippen molar-refractivity contribution in [2.75, 3.05) is 16.8 Å². The number of rotatable bonds is 2. The highest BCUT2D eigenvalue weighted by molar-refractivity contribution is 7.91. The molecule has 1 aromatic carbocycles. The fourth-order valence-electron chi connectivity index (χ4n) is 1.71. The fraction of sp³-hybridized carbons (Fsp3) is 0.364. The van der Waals surface area contributed by atoms with Crippen molar-refractivity contribution in [2.24, 2.45) is 0 Å². The summed E-state index contributed by atoms with van der Waals surface area (Å²) in [5.74, 6) is -0.0417. The summed E-state index contributed by atoms with van der Waals surface area (Å²) in [6, 6.07) is 6.73. The molecule has 1 N–H and O–H groups in total. The zero-order valence-corrected chi connectivity index (χ0v) is 11.0. The van der Waals surface area contributed by atoms with Crippen molar-refractivity contribution >= 4 is 33.2 Å². The molecule has 0 saturated carbocycles. The number of halogens is 1. The molecule has 0 unspecified atom stereocenters. The Morgan fingerprint density at radius 3 is 2.72 bits per heavy atom. The van der Waals surface area contributed by atoms with Crippen molar-refractivity contribution in [2.45, 2.75) is 12.5 Å². The van der Waals surface area contributed by atoms with Gasteiger partial charge in [0.15, 0.2) is 9.84 Å². The Labute approximate surface area is 110 Å². The Morgan fingerprint density at radius 1 is 1.39 bits per heavy atom. The first kappa shape index (κ1) is 13.2. The first-order valence-electron chi connectivity index (χ1n) is 5.39. The molecule has 1 aliphatic rings. The van der Waals surface area contributed by atoms with Crippen LogP contribution in [-0.2, 0) is 14.6 Å². The van der Waals surface area contributed by atoms with E-state index in [1.807, 2.05) is 0 Å². The van der Waals surface area contributed by atoms with Crippen LogP contribution >= 0.6 is 11.6 Å². The van der Waals surface area contributed by atoms with Gasteiger partial charge < -0.3 is 4.74 Å². The second kappa shape index (κ2) is 5.16. The van der Waals surface area contributed by atoms with E-state index in [4.69, 9.17) is 16.3 Å². The minimum atomic E-state index is -3.05. The minimum Gasteiger partial charge on any atom is -0.445 e. The number of carbonyl (C=O) groups excluding carboxylic acids is 1. The quantitative estimate of drug-likeness (QED) is 0.905. The standard InChI is InChI=1S/C11H12ClNO4S/c12-9-3-1-2-4-10(9)13-11(14)17-8-5-6-18(15,16)7-8/h1-4,8H,5-7H2,(H,13,14)/t8-/m1/s1. The van der Waals surface area contributed by atoms with Crippen molar-refractivity contribution < 1.29 is 17.9 Å².